The van der Waals surface area contributed by atoms with Crippen LogP contribution in [0.15, 0.2) is 18.2 Å². The summed E-state index contributed by atoms with van der Waals surface area (Å²) in [6.07, 6.45) is 4.11. The number of ether oxygens (including phenoxy) is 1. The Labute approximate surface area is 112 Å². The molecule has 1 aliphatic carbocycles. The maximum Gasteiger partial charge on any atom is 0.142 e. The number of benzene rings is 1. The van der Waals surface area contributed by atoms with Gasteiger partial charge in [0.15, 0.2) is 0 Å². The van der Waals surface area contributed by atoms with E-state index in [0.29, 0.717) is 18.1 Å². The van der Waals surface area contributed by atoms with Gasteiger partial charge in [-0.25, -0.2) is 4.39 Å². The highest BCUT2D eigenvalue weighted by Gasteiger charge is 2.21. The molecule has 1 N–H and O–H groups in total. The fourth-order valence-corrected chi connectivity index (χ4v) is 2.53. The van der Waals surface area contributed by atoms with Crippen LogP contribution in [0.4, 0.5) is 4.39 Å². The number of halogens is 2. The van der Waals surface area contributed by atoms with E-state index in [1.165, 1.54) is 6.07 Å². The third-order valence-corrected chi connectivity index (χ3v) is 3.98. The normalized spacial score (nSPS) is 24.2. The minimum atomic E-state index is -0.401. The van der Waals surface area contributed by atoms with Crippen LogP contribution in [0.3, 0.4) is 0 Å². The topological polar surface area (TPSA) is 29.5 Å². The summed E-state index contributed by atoms with van der Waals surface area (Å²) in [5.41, 5.74) is 0.695. The summed E-state index contributed by atoms with van der Waals surface area (Å²) < 4.78 is 19.0. The number of rotatable bonds is 4. The van der Waals surface area contributed by atoms with Crippen LogP contribution in [0.2, 0.25) is 5.02 Å². The van der Waals surface area contributed by atoms with Crippen molar-refractivity contribution in [2.24, 2.45) is 5.92 Å². The van der Waals surface area contributed by atoms with Gasteiger partial charge in [0.25, 0.3) is 0 Å². The Bertz CT molecular complexity index is 389. The Morgan fingerprint density at radius 3 is 2.67 bits per heavy atom. The van der Waals surface area contributed by atoms with Gasteiger partial charge in [-0.15, -0.1) is 0 Å². The molecule has 1 aromatic rings. The van der Waals surface area contributed by atoms with Gasteiger partial charge < -0.3 is 9.84 Å². The first-order chi connectivity index (χ1) is 8.70. The Morgan fingerprint density at radius 1 is 1.28 bits per heavy atom. The molecule has 0 amide bonds. The maximum absolute atomic E-state index is 13.2. The molecule has 1 aromatic carbocycles. The summed E-state index contributed by atoms with van der Waals surface area (Å²) in [4.78, 5) is 0. The van der Waals surface area contributed by atoms with Crippen LogP contribution in [0.25, 0.3) is 0 Å². The van der Waals surface area contributed by atoms with E-state index in [-0.39, 0.29) is 17.7 Å². The van der Waals surface area contributed by atoms with Crippen molar-refractivity contribution in [3.8, 4) is 0 Å². The van der Waals surface area contributed by atoms with Gasteiger partial charge in [-0.3, -0.25) is 0 Å². The summed E-state index contributed by atoms with van der Waals surface area (Å²) in [5, 5.41) is 9.21. The minimum Gasteiger partial charge on any atom is -0.396 e. The van der Waals surface area contributed by atoms with Crippen molar-refractivity contribution >= 4 is 11.6 Å². The van der Waals surface area contributed by atoms with E-state index in [1.807, 2.05) is 0 Å². The highest BCUT2D eigenvalue weighted by molar-refractivity contribution is 6.31. The van der Waals surface area contributed by atoms with Crippen LogP contribution in [0.5, 0.6) is 0 Å². The maximum atomic E-state index is 13.2. The summed E-state index contributed by atoms with van der Waals surface area (Å²) >= 11 is 5.87. The molecule has 18 heavy (non-hydrogen) atoms. The molecular formula is C14H18ClFO2. The second-order valence-corrected chi connectivity index (χ2v) is 5.23. The Balaban J connectivity index is 1.83. The van der Waals surface area contributed by atoms with Crippen LogP contribution in [-0.2, 0) is 11.3 Å². The lowest BCUT2D eigenvalue weighted by molar-refractivity contribution is 0.00115. The summed E-state index contributed by atoms with van der Waals surface area (Å²) in [6, 6.07) is 4.77. The molecule has 0 unspecified atom stereocenters. The van der Waals surface area contributed by atoms with E-state index in [4.69, 9.17) is 21.4 Å². The van der Waals surface area contributed by atoms with Gasteiger partial charge in [0, 0.05) is 6.61 Å². The quantitative estimate of drug-likeness (QED) is 0.908. The van der Waals surface area contributed by atoms with Crippen LogP contribution in [-0.4, -0.2) is 17.8 Å². The van der Waals surface area contributed by atoms with Crippen molar-refractivity contribution in [2.75, 3.05) is 6.61 Å². The first-order valence-corrected chi connectivity index (χ1v) is 6.74. The molecule has 0 atom stereocenters. The molecule has 0 radical (unpaired) electrons. The van der Waals surface area contributed by atoms with Crippen molar-refractivity contribution in [2.45, 2.75) is 38.4 Å². The molecule has 1 fully saturated rings. The minimum absolute atomic E-state index is 0.154. The molecule has 0 spiro atoms. The van der Waals surface area contributed by atoms with Crippen molar-refractivity contribution in [3.05, 3.63) is 34.6 Å². The van der Waals surface area contributed by atoms with Crippen LogP contribution in [0, 0.1) is 11.7 Å². The van der Waals surface area contributed by atoms with Gasteiger partial charge in [0.1, 0.15) is 5.82 Å². The molecule has 0 aliphatic heterocycles. The first kappa shape index (κ1) is 13.8. The third kappa shape index (κ3) is 3.44. The largest absolute Gasteiger partial charge is 0.396 e. The summed E-state index contributed by atoms with van der Waals surface area (Å²) in [7, 11) is 0. The molecule has 0 bridgehead atoms. The van der Waals surface area contributed by atoms with E-state index in [2.05, 4.69) is 0 Å². The lowest BCUT2D eigenvalue weighted by Gasteiger charge is -2.27. The lowest BCUT2D eigenvalue weighted by Crippen LogP contribution is -2.23. The number of aliphatic hydroxyl groups excluding tert-OH is 1. The van der Waals surface area contributed by atoms with Gasteiger partial charge in [-0.1, -0.05) is 23.7 Å². The molecule has 1 aliphatic rings. The fraction of sp³-hybridized carbons (Fsp3) is 0.571. The van der Waals surface area contributed by atoms with Gasteiger partial charge in [-0.05, 0) is 43.2 Å². The summed E-state index contributed by atoms with van der Waals surface area (Å²) in [5.74, 6) is 0.0179. The van der Waals surface area contributed by atoms with E-state index in [0.717, 1.165) is 25.7 Å². The summed E-state index contributed by atoms with van der Waals surface area (Å²) in [6.45, 7) is 0.619. The zero-order valence-electron chi connectivity index (χ0n) is 10.2. The number of hydrogen-bond acceptors (Lipinski definition) is 2. The standard InChI is InChI=1S/C14H18ClFO2/c15-14-11(2-1-3-13(14)16)9-18-12-6-4-10(8-17)5-7-12/h1-3,10,12,17H,4-9H2. The van der Waals surface area contributed by atoms with Crippen molar-refractivity contribution < 1.29 is 14.2 Å². The number of aliphatic hydroxyl groups is 1. The average molecular weight is 273 g/mol. The van der Waals surface area contributed by atoms with Crippen LogP contribution in [0.1, 0.15) is 31.2 Å². The highest BCUT2D eigenvalue weighted by atomic mass is 35.5. The molecule has 0 saturated heterocycles. The van der Waals surface area contributed by atoms with Crippen LogP contribution >= 0.6 is 11.6 Å². The number of hydrogen-bond donors (Lipinski definition) is 1. The van der Waals surface area contributed by atoms with Crippen molar-refractivity contribution in [1.82, 2.24) is 0 Å². The predicted octanol–water partition coefficient (Wildman–Crippen LogP) is 3.55. The van der Waals surface area contributed by atoms with E-state index < -0.39 is 5.82 Å². The van der Waals surface area contributed by atoms with Gasteiger partial charge in [0.05, 0.1) is 17.7 Å². The third-order valence-electron chi connectivity index (χ3n) is 3.56. The molecule has 4 heteroatoms. The smallest absolute Gasteiger partial charge is 0.142 e. The molecule has 0 heterocycles. The van der Waals surface area contributed by atoms with Crippen LogP contribution < -0.4 is 0 Å². The molecule has 2 rings (SSSR count). The second kappa shape index (κ2) is 6.50. The Hall–Kier alpha value is -0.640. The predicted molar refractivity (Wildman–Crippen MR) is 69.0 cm³/mol. The van der Waals surface area contributed by atoms with Crippen molar-refractivity contribution in [3.63, 3.8) is 0 Å². The zero-order valence-corrected chi connectivity index (χ0v) is 11.0. The van der Waals surface area contributed by atoms with Gasteiger partial charge in [-0.2, -0.15) is 0 Å². The second-order valence-electron chi connectivity index (χ2n) is 4.85. The van der Waals surface area contributed by atoms with Gasteiger partial charge in [0.2, 0.25) is 0 Å². The first-order valence-electron chi connectivity index (χ1n) is 6.36. The average Bonchev–Trinajstić information content (AvgIpc) is 2.41. The highest BCUT2D eigenvalue weighted by Crippen LogP contribution is 2.27. The zero-order chi connectivity index (χ0) is 13.0. The van der Waals surface area contributed by atoms with Crippen molar-refractivity contribution in [1.29, 1.82) is 0 Å². The van der Waals surface area contributed by atoms with E-state index in [1.54, 1.807) is 12.1 Å². The molecule has 1 saturated carbocycles. The molecule has 2 nitrogen and oxygen atoms in total. The molecule has 0 aromatic heterocycles. The lowest BCUT2D eigenvalue weighted by atomic mass is 9.88. The Morgan fingerprint density at radius 2 is 2.00 bits per heavy atom. The SMILES string of the molecule is OCC1CCC(OCc2cccc(F)c2Cl)CC1. The van der Waals surface area contributed by atoms with Gasteiger partial charge >= 0.3 is 0 Å². The molecular weight excluding hydrogens is 255 g/mol. The molecule has 100 valence electrons. The van der Waals surface area contributed by atoms with E-state index >= 15 is 0 Å². The fourth-order valence-electron chi connectivity index (χ4n) is 2.35. The monoisotopic (exact) mass is 272 g/mol. The van der Waals surface area contributed by atoms with E-state index in [9.17, 15) is 4.39 Å². The Kier molecular flexibility index (Phi) is 4.98.